The molecule has 4 N–H and O–H groups in total. The van der Waals surface area contributed by atoms with E-state index in [2.05, 4.69) is 26.9 Å². The summed E-state index contributed by atoms with van der Waals surface area (Å²) in [6.07, 6.45) is 1.94. The third-order valence-corrected chi connectivity index (χ3v) is 2.23. The summed E-state index contributed by atoms with van der Waals surface area (Å²) in [5.74, 6) is 2.76. The average molecular weight is 235 g/mol. The third-order valence-electron chi connectivity index (χ3n) is 1.94. The van der Waals surface area contributed by atoms with E-state index in [0.29, 0.717) is 24.1 Å². The molecule has 0 aromatic carbocycles. The van der Waals surface area contributed by atoms with Crippen molar-refractivity contribution in [1.82, 2.24) is 19.5 Å². The van der Waals surface area contributed by atoms with Crippen molar-refractivity contribution in [2.45, 2.75) is 6.42 Å². The molecule has 2 rings (SSSR count). The zero-order chi connectivity index (χ0) is 11.5. The summed E-state index contributed by atoms with van der Waals surface area (Å²) in [4.78, 5) is 21.3. The Labute approximate surface area is 95.5 Å². The highest BCUT2D eigenvalue weighted by Gasteiger charge is 2.04. The number of aromatic amines is 2. The molecule has 2 aromatic heterocycles. The number of H-pyrrole nitrogens is 2. The highest BCUT2D eigenvalue weighted by atomic mass is 32.1. The topological polar surface area (TPSA) is 92.5 Å². The molecule has 0 aliphatic rings. The minimum absolute atomic E-state index is 0.231. The van der Waals surface area contributed by atoms with Crippen LogP contribution in [0, 0.1) is 16.7 Å². The van der Waals surface area contributed by atoms with Crippen molar-refractivity contribution in [3.63, 3.8) is 0 Å². The van der Waals surface area contributed by atoms with Gasteiger partial charge < -0.3 is 15.7 Å². The maximum atomic E-state index is 11.9. The summed E-state index contributed by atoms with van der Waals surface area (Å²) < 4.78 is 1.40. The number of rotatable bonds is 1. The molecule has 0 aliphatic heterocycles. The Bertz CT molecular complexity index is 683. The molecule has 2 aromatic rings. The van der Waals surface area contributed by atoms with E-state index in [9.17, 15) is 4.79 Å². The first-order valence-electron chi connectivity index (χ1n) is 4.61. The van der Waals surface area contributed by atoms with Crippen LogP contribution in [0.2, 0.25) is 0 Å². The number of hydrogen-bond acceptors (Lipinski definition) is 4. The molecular weight excluding hydrogens is 226 g/mol. The molecule has 0 saturated carbocycles. The van der Waals surface area contributed by atoms with Crippen molar-refractivity contribution < 1.29 is 0 Å². The first-order valence-corrected chi connectivity index (χ1v) is 5.02. The van der Waals surface area contributed by atoms with Gasteiger partial charge in [-0.25, -0.2) is 9.55 Å². The van der Waals surface area contributed by atoms with Crippen LogP contribution < -0.4 is 11.3 Å². The summed E-state index contributed by atoms with van der Waals surface area (Å²) in [5.41, 5.74) is 5.79. The van der Waals surface area contributed by atoms with Crippen LogP contribution in [0.5, 0.6) is 0 Å². The Hall–Kier alpha value is -1.91. The van der Waals surface area contributed by atoms with Crippen LogP contribution in [0.3, 0.4) is 0 Å². The fraction of sp³-hybridized carbons (Fsp3) is 0.222. The maximum Gasteiger partial charge on any atom is 0.292 e. The molecule has 16 heavy (non-hydrogen) atoms. The Morgan fingerprint density at radius 1 is 1.62 bits per heavy atom. The van der Waals surface area contributed by atoms with Crippen molar-refractivity contribution in [2.24, 2.45) is 5.73 Å². The zero-order valence-electron chi connectivity index (χ0n) is 8.28. The van der Waals surface area contributed by atoms with Gasteiger partial charge in [0, 0.05) is 19.0 Å². The number of aromatic nitrogens is 4. The highest BCUT2D eigenvalue weighted by molar-refractivity contribution is 7.71. The fourth-order valence-electron chi connectivity index (χ4n) is 1.22. The number of nitrogens with two attached hydrogens (primary N) is 1. The molecule has 0 bridgehead atoms. The molecule has 7 heteroatoms. The van der Waals surface area contributed by atoms with E-state index in [1.807, 2.05) is 0 Å². The predicted molar refractivity (Wildman–Crippen MR) is 62.4 cm³/mol. The van der Waals surface area contributed by atoms with Crippen LogP contribution in [0.4, 0.5) is 0 Å². The average Bonchev–Trinajstić information content (AvgIpc) is 2.71. The van der Waals surface area contributed by atoms with E-state index in [4.69, 9.17) is 18.0 Å². The Balaban J connectivity index is 2.66. The normalized spacial score (nSPS) is 10.1. The minimum atomic E-state index is -0.305. The van der Waals surface area contributed by atoms with Gasteiger partial charge >= 0.3 is 0 Å². The van der Waals surface area contributed by atoms with Crippen LogP contribution in [0.1, 0.15) is 6.42 Å². The van der Waals surface area contributed by atoms with Gasteiger partial charge in [0.05, 0.1) is 6.33 Å². The van der Waals surface area contributed by atoms with Gasteiger partial charge in [-0.1, -0.05) is 5.92 Å². The third kappa shape index (κ3) is 1.76. The van der Waals surface area contributed by atoms with Crippen molar-refractivity contribution in [2.75, 3.05) is 6.54 Å². The van der Waals surface area contributed by atoms with Crippen LogP contribution >= 0.6 is 12.2 Å². The molecule has 0 amide bonds. The SMILES string of the molecule is NCCC#Cn1c(=S)[nH]c2nc[nH]c2c1=O. The second kappa shape index (κ2) is 4.30. The first kappa shape index (κ1) is 10.6. The molecule has 2 heterocycles. The van der Waals surface area contributed by atoms with E-state index < -0.39 is 0 Å². The smallest absolute Gasteiger partial charge is 0.292 e. The van der Waals surface area contributed by atoms with E-state index in [0.717, 1.165) is 0 Å². The molecule has 82 valence electrons. The highest BCUT2D eigenvalue weighted by Crippen LogP contribution is 1.98. The van der Waals surface area contributed by atoms with Crippen molar-refractivity contribution >= 4 is 23.4 Å². The number of hydrogen-bond donors (Lipinski definition) is 3. The van der Waals surface area contributed by atoms with Gasteiger partial charge in [0.15, 0.2) is 15.9 Å². The number of nitrogens with one attached hydrogen (secondary N) is 2. The monoisotopic (exact) mass is 235 g/mol. The second-order valence-corrected chi connectivity index (χ2v) is 3.41. The lowest BCUT2D eigenvalue weighted by molar-refractivity contribution is 0.961. The number of imidazole rings is 1. The Morgan fingerprint density at radius 3 is 3.19 bits per heavy atom. The van der Waals surface area contributed by atoms with Crippen molar-refractivity contribution in [3.05, 3.63) is 21.5 Å². The molecule has 0 radical (unpaired) electrons. The summed E-state index contributed by atoms with van der Waals surface area (Å²) in [6, 6.07) is 2.66. The van der Waals surface area contributed by atoms with Gasteiger partial charge in [0.1, 0.15) is 0 Å². The van der Waals surface area contributed by atoms with Crippen LogP contribution in [-0.4, -0.2) is 26.1 Å². The van der Waals surface area contributed by atoms with Gasteiger partial charge in [0.25, 0.3) is 5.56 Å². The lowest BCUT2D eigenvalue weighted by atomic mass is 10.4. The van der Waals surface area contributed by atoms with Crippen molar-refractivity contribution in [3.8, 4) is 12.0 Å². The Kier molecular flexibility index (Phi) is 2.85. The van der Waals surface area contributed by atoms with Gasteiger partial charge in [0.2, 0.25) is 0 Å². The molecule has 0 fully saturated rings. The van der Waals surface area contributed by atoms with Crippen LogP contribution in [-0.2, 0) is 0 Å². The lowest BCUT2D eigenvalue weighted by Crippen LogP contribution is -2.19. The summed E-state index contributed by atoms with van der Waals surface area (Å²) >= 11 is 5.00. The van der Waals surface area contributed by atoms with E-state index in [1.54, 1.807) is 0 Å². The van der Waals surface area contributed by atoms with Gasteiger partial charge in [-0.15, -0.1) is 0 Å². The summed E-state index contributed by atoms with van der Waals surface area (Å²) in [7, 11) is 0. The minimum Gasteiger partial charge on any atom is -0.339 e. The van der Waals surface area contributed by atoms with E-state index in [-0.39, 0.29) is 10.3 Å². The lowest BCUT2D eigenvalue weighted by Gasteiger charge is -1.95. The maximum absolute atomic E-state index is 11.9. The molecule has 0 atom stereocenters. The number of fused-ring (bicyclic) bond motifs is 1. The summed E-state index contributed by atoms with van der Waals surface area (Å²) in [6.45, 7) is 0.449. The van der Waals surface area contributed by atoms with E-state index in [1.165, 1.54) is 10.9 Å². The molecular formula is C9H9N5OS. The molecule has 0 aliphatic carbocycles. The fourth-order valence-corrected chi connectivity index (χ4v) is 1.45. The van der Waals surface area contributed by atoms with Crippen LogP contribution in [0.15, 0.2) is 11.1 Å². The summed E-state index contributed by atoms with van der Waals surface area (Å²) in [5, 5.41) is 0. The predicted octanol–water partition coefficient (Wildman–Crippen LogP) is -0.0600. The van der Waals surface area contributed by atoms with Gasteiger partial charge in [-0.2, -0.15) is 0 Å². The quantitative estimate of drug-likeness (QED) is 0.477. The van der Waals surface area contributed by atoms with Crippen LogP contribution in [0.25, 0.3) is 11.2 Å². The van der Waals surface area contributed by atoms with Crippen molar-refractivity contribution in [1.29, 1.82) is 0 Å². The Morgan fingerprint density at radius 2 is 2.44 bits per heavy atom. The van der Waals surface area contributed by atoms with Gasteiger partial charge in [-0.05, 0) is 12.2 Å². The van der Waals surface area contributed by atoms with Gasteiger partial charge in [-0.3, -0.25) is 4.79 Å². The second-order valence-electron chi connectivity index (χ2n) is 3.02. The molecule has 0 saturated heterocycles. The largest absolute Gasteiger partial charge is 0.339 e. The number of nitrogens with zero attached hydrogens (tertiary/aromatic N) is 2. The van der Waals surface area contributed by atoms with E-state index >= 15 is 0 Å². The molecule has 0 unspecified atom stereocenters. The molecule has 0 spiro atoms. The standard InChI is InChI=1S/C9H9N5OS/c10-3-1-2-4-14-8(15)6-7(12-5-11-6)13-9(14)16/h5H,1,3,10H2,(H,11,12)(H,13,16). The zero-order valence-corrected chi connectivity index (χ0v) is 9.10. The molecule has 6 nitrogen and oxygen atoms in total. The first-order chi connectivity index (χ1) is 7.74.